The number of carboxylic acids is 1. The highest BCUT2D eigenvalue weighted by molar-refractivity contribution is 5.96. The van der Waals surface area contributed by atoms with E-state index in [1.165, 1.54) is 6.20 Å². The number of phenolic OH excluding ortho intramolecular Hbond substituents is 1. The number of rotatable bonds is 4. The molecule has 1 aromatic carbocycles. The highest BCUT2D eigenvalue weighted by Gasteiger charge is 2.27. The largest absolute Gasteiger partial charge is 0.504 e. The second kappa shape index (κ2) is 7.19. The molecule has 3 rings (SSSR count). The average Bonchev–Trinajstić information content (AvgIpc) is 2.63. The molecule has 2 heterocycles. The van der Waals surface area contributed by atoms with Crippen LogP contribution in [0.25, 0.3) is 10.9 Å². The molecule has 146 valence electrons. The smallest absolute Gasteiger partial charge is 0.341 e. The molecule has 1 fully saturated rings. The standard InChI is InChI=1S/C19H24FN3O4/c1-4-11(2)23-10-13(19(26)27)17(24)12-9-14(20)16(18(25)15(12)23)22-7-5-21(3)6-8-22/h9-11,25H,4-8H2,1-3H3,(H,26,27). The van der Waals surface area contributed by atoms with Gasteiger partial charge in [-0.05, 0) is 26.5 Å². The van der Waals surface area contributed by atoms with Crippen LogP contribution in [0.4, 0.5) is 10.1 Å². The molecule has 0 bridgehead atoms. The van der Waals surface area contributed by atoms with Crippen LogP contribution in [-0.4, -0.2) is 58.9 Å². The van der Waals surface area contributed by atoms with Crippen molar-refractivity contribution in [3.8, 4) is 5.75 Å². The number of hydrogen-bond donors (Lipinski definition) is 2. The van der Waals surface area contributed by atoms with Crippen LogP contribution in [0.15, 0.2) is 17.1 Å². The zero-order valence-electron chi connectivity index (χ0n) is 15.7. The topological polar surface area (TPSA) is 86.0 Å². The van der Waals surface area contributed by atoms with E-state index in [0.29, 0.717) is 19.5 Å². The van der Waals surface area contributed by atoms with E-state index in [4.69, 9.17) is 0 Å². The quantitative estimate of drug-likeness (QED) is 0.850. The van der Waals surface area contributed by atoms with Crippen molar-refractivity contribution in [2.24, 2.45) is 0 Å². The summed E-state index contributed by atoms with van der Waals surface area (Å²) in [6.07, 6.45) is 1.89. The molecule has 2 N–H and O–H groups in total. The molecule has 1 aliphatic rings. The first-order chi connectivity index (χ1) is 12.8. The minimum absolute atomic E-state index is 0.0649. The number of halogens is 1. The van der Waals surface area contributed by atoms with Gasteiger partial charge in [-0.3, -0.25) is 4.79 Å². The summed E-state index contributed by atoms with van der Waals surface area (Å²) in [5.74, 6) is -2.41. The molecular weight excluding hydrogens is 353 g/mol. The van der Waals surface area contributed by atoms with Gasteiger partial charge < -0.3 is 24.6 Å². The number of aromatic hydroxyl groups is 1. The maximum Gasteiger partial charge on any atom is 0.341 e. The first-order valence-electron chi connectivity index (χ1n) is 9.03. The average molecular weight is 377 g/mol. The maximum atomic E-state index is 14.9. The van der Waals surface area contributed by atoms with E-state index in [-0.39, 0.29) is 28.4 Å². The lowest BCUT2D eigenvalue weighted by molar-refractivity contribution is 0.0694. The van der Waals surface area contributed by atoms with Crippen LogP contribution in [0.1, 0.15) is 36.7 Å². The van der Waals surface area contributed by atoms with Crippen molar-refractivity contribution in [3.05, 3.63) is 33.9 Å². The normalized spacial score (nSPS) is 16.7. The number of aromatic carboxylic acids is 1. The zero-order chi connectivity index (χ0) is 19.9. The van der Waals surface area contributed by atoms with Gasteiger partial charge in [0.2, 0.25) is 5.43 Å². The van der Waals surface area contributed by atoms with Crippen LogP contribution in [0.2, 0.25) is 0 Å². The van der Waals surface area contributed by atoms with Crippen molar-refractivity contribution in [1.29, 1.82) is 0 Å². The number of piperazine rings is 1. The molecule has 0 radical (unpaired) electrons. The zero-order valence-corrected chi connectivity index (χ0v) is 15.7. The third-order valence-electron chi connectivity index (χ3n) is 5.33. The minimum atomic E-state index is -1.37. The number of carbonyl (C=O) groups is 1. The summed E-state index contributed by atoms with van der Waals surface area (Å²) in [6, 6.07) is 0.874. The fraction of sp³-hybridized carbons (Fsp3) is 0.474. The van der Waals surface area contributed by atoms with Gasteiger partial charge in [0.25, 0.3) is 0 Å². The van der Waals surface area contributed by atoms with Gasteiger partial charge in [0, 0.05) is 38.4 Å². The third-order valence-corrected chi connectivity index (χ3v) is 5.33. The predicted molar refractivity (Wildman–Crippen MR) is 102 cm³/mol. The Hall–Kier alpha value is -2.61. The van der Waals surface area contributed by atoms with Gasteiger partial charge in [0.15, 0.2) is 11.6 Å². The fourth-order valence-corrected chi connectivity index (χ4v) is 3.49. The molecule has 0 aliphatic carbocycles. The van der Waals surface area contributed by atoms with E-state index in [0.717, 1.165) is 19.2 Å². The van der Waals surface area contributed by atoms with Gasteiger partial charge in [0.05, 0.1) is 10.9 Å². The van der Waals surface area contributed by atoms with E-state index >= 15 is 0 Å². The van der Waals surface area contributed by atoms with E-state index in [9.17, 15) is 24.2 Å². The number of nitrogens with zero attached hydrogens (tertiary/aromatic N) is 3. The third kappa shape index (κ3) is 3.25. The number of pyridine rings is 1. The van der Waals surface area contributed by atoms with Crippen LogP contribution in [0.5, 0.6) is 5.75 Å². The van der Waals surface area contributed by atoms with Crippen LogP contribution < -0.4 is 10.3 Å². The van der Waals surface area contributed by atoms with Gasteiger partial charge >= 0.3 is 5.97 Å². The van der Waals surface area contributed by atoms with Gasteiger partial charge in [0.1, 0.15) is 11.3 Å². The number of fused-ring (bicyclic) bond motifs is 1. The molecule has 0 saturated carbocycles. The number of benzene rings is 1. The molecule has 1 aromatic heterocycles. The Morgan fingerprint density at radius 1 is 1.30 bits per heavy atom. The first kappa shape index (κ1) is 19.2. The summed E-state index contributed by atoms with van der Waals surface area (Å²) in [5.41, 5.74) is -0.991. The Morgan fingerprint density at radius 3 is 2.48 bits per heavy atom. The first-order valence-corrected chi connectivity index (χ1v) is 9.03. The van der Waals surface area contributed by atoms with E-state index in [1.54, 1.807) is 9.47 Å². The van der Waals surface area contributed by atoms with Gasteiger partial charge in [-0.15, -0.1) is 0 Å². The summed E-state index contributed by atoms with van der Waals surface area (Å²) < 4.78 is 16.4. The van der Waals surface area contributed by atoms with Crippen LogP contribution in [0.3, 0.4) is 0 Å². The molecule has 0 amide bonds. The lowest BCUT2D eigenvalue weighted by atomic mass is 10.1. The lowest BCUT2D eigenvalue weighted by Gasteiger charge is -2.35. The molecule has 1 atom stereocenters. The summed E-state index contributed by atoms with van der Waals surface area (Å²) in [4.78, 5) is 27.9. The highest BCUT2D eigenvalue weighted by atomic mass is 19.1. The molecule has 8 heteroatoms. The van der Waals surface area contributed by atoms with E-state index < -0.39 is 22.8 Å². The fourth-order valence-electron chi connectivity index (χ4n) is 3.49. The lowest BCUT2D eigenvalue weighted by Crippen LogP contribution is -2.44. The predicted octanol–water partition coefficient (Wildman–Crippen LogP) is 2.27. The molecule has 1 saturated heterocycles. The number of phenols is 1. The summed E-state index contributed by atoms with van der Waals surface area (Å²) in [6.45, 7) is 6.32. The van der Waals surface area contributed by atoms with Crippen LogP contribution in [0, 0.1) is 5.82 Å². The van der Waals surface area contributed by atoms with Crippen molar-refractivity contribution in [2.75, 3.05) is 38.1 Å². The minimum Gasteiger partial charge on any atom is -0.504 e. The monoisotopic (exact) mass is 377 g/mol. The second-order valence-electron chi connectivity index (χ2n) is 7.08. The number of anilines is 1. The van der Waals surface area contributed by atoms with E-state index in [2.05, 4.69) is 4.90 Å². The SMILES string of the molecule is CCC(C)n1cc(C(=O)O)c(=O)c2cc(F)c(N3CCN(C)CC3)c(O)c21. The van der Waals surface area contributed by atoms with Crippen molar-refractivity contribution < 1.29 is 19.4 Å². The van der Waals surface area contributed by atoms with Gasteiger partial charge in [-0.1, -0.05) is 6.92 Å². The van der Waals surface area contributed by atoms with Crippen molar-refractivity contribution in [2.45, 2.75) is 26.3 Å². The molecule has 1 aliphatic heterocycles. The maximum absolute atomic E-state index is 14.9. The molecular formula is C19H24FN3O4. The number of carboxylic acid groups (broad SMARTS) is 1. The van der Waals surface area contributed by atoms with Crippen molar-refractivity contribution in [3.63, 3.8) is 0 Å². The Labute approximate surface area is 156 Å². The van der Waals surface area contributed by atoms with E-state index in [1.807, 2.05) is 20.9 Å². The molecule has 0 spiro atoms. The Bertz CT molecular complexity index is 948. The Balaban J connectivity index is 2.32. The second-order valence-corrected chi connectivity index (χ2v) is 7.08. The number of aromatic nitrogens is 1. The summed E-state index contributed by atoms with van der Waals surface area (Å²) in [7, 11) is 1.97. The molecule has 2 aromatic rings. The summed E-state index contributed by atoms with van der Waals surface area (Å²) >= 11 is 0. The number of hydrogen-bond acceptors (Lipinski definition) is 5. The van der Waals surface area contributed by atoms with Crippen molar-refractivity contribution in [1.82, 2.24) is 9.47 Å². The van der Waals surface area contributed by atoms with Crippen LogP contribution >= 0.6 is 0 Å². The van der Waals surface area contributed by atoms with Crippen LogP contribution in [-0.2, 0) is 0 Å². The molecule has 7 nitrogen and oxygen atoms in total. The number of likely N-dealkylation sites (N-methyl/N-ethyl adjacent to an activating group) is 1. The molecule has 27 heavy (non-hydrogen) atoms. The van der Waals surface area contributed by atoms with Gasteiger partial charge in [-0.25, -0.2) is 9.18 Å². The summed E-state index contributed by atoms with van der Waals surface area (Å²) in [5, 5.41) is 20.1. The van der Waals surface area contributed by atoms with Crippen molar-refractivity contribution >= 4 is 22.6 Å². The highest BCUT2D eigenvalue weighted by Crippen LogP contribution is 2.38. The Morgan fingerprint density at radius 2 is 1.93 bits per heavy atom. The Kier molecular flexibility index (Phi) is 5.10. The van der Waals surface area contributed by atoms with Gasteiger partial charge in [-0.2, -0.15) is 0 Å². The molecule has 1 unspecified atom stereocenters.